The van der Waals surface area contributed by atoms with Crippen molar-refractivity contribution in [3.8, 4) is 21.8 Å². The van der Waals surface area contributed by atoms with E-state index in [1.807, 2.05) is 41.8 Å². The van der Waals surface area contributed by atoms with Gasteiger partial charge in [0.15, 0.2) is 0 Å². The molecule has 4 nitrogen and oxygen atoms in total. The van der Waals surface area contributed by atoms with Gasteiger partial charge in [-0.2, -0.15) is 0 Å². The molecule has 2 aromatic carbocycles. The Hall–Kier alpha value is -3.02. The summed E-state index contributed by atoms with van der Waals surface area (Å²) in [6, 6.07) is 18.4. The van der Waals surface area contributed by atoms with Crippen LogP contribution in [0.3, 0.4) is 0 Å². The molecule has 132 valence electrons. The van der Waals surface area contributed by atoms with E-state index < -0.39 is 0 Å². The minimum absolute atomic E-state index is 0.234. The number of amides is 1. The average molecular weight is 392 g/mol. The van der Waals surface area contributed by atoms with Crippen LogP contribution in [0.25, 0.3) is 21.8 Å². The highest BCUT2D eigenvalue weighted by atomic mass is 35.5. The summed E-state index contributed by atoms with van der Waals surface area (Å²) < 4.78 is 0. The Morgan fingerprint density at radius 1 is 0.926 bits per heavy atom. The van der Waals surface area contributed by atoms with Crippen LogP contribution in [0.4, 0.5) is 5.69 Å². The van der Waals surface area contributed by atoms with Crippen LogP contribution in [-0.4, -0.2) is 15.9 Å². The molecule has 0 radical (unpaired) electrons. The Balaban J connectivity index is 1.50. The highest BCUT2D eigenvalue weighted by Crippen LogP contribution is 2.29. The normalized spacial score (nSPS) is 10.6. The second kappa shape index (κ2) is 7.70. The van der Waals surface area contributed by atoms with Crippen LogP contribution in [-0.2, 0) is 0 Å². The summed E-state index contributed by atoms with van der Waals surface area (Å²) in [6.45, 7) is 0. The second-order valence-corrected chi connectivity index (χ2v) is 7.05. The van der Waals surface area contributed by atoms with Crippen molar-refractivity contribution in [1.82, 2.24) is 9.97 Å². The molecule has 0 saturated carbocycles. The topological polar surface area (TPSA) is 54.9 Å². The SMILES string of the molecule is O=C(Nc1ccc(-c2csc(-c3ccncc3)n2)cc1)c1ccccc1Cl. The molecule has 0 fully saturated rings. The zero-order chi connectivity index (χ0) is 18.6. The molecule has 0 aliphatic carbocycles. The van der Waals surface area contributed by atoms with Gasteiger partial charge in [0, 0.05) is 34.6 Å². The van der Waals surface area contributed by atoms with E-state index in [4.69, 9.17) is 11.6 Å². The van der Waals surface area contributed by atoms with Gasteiger partial charge in [-0.15, -0.1) is 11.3 Å². The zero-order valence-corrected chi connectivity index (χ0v) is 15.7. The summed E-state index contributed by atoms with van der Waals surface area (Å²) >= 11 is 7.66. The molecule has 0 atom stereocenters. The third-order valence-electron chi connectivity index (χ3n) is 3.99. The predicted molar refractivity (Wildman–Crippen MR) is 110 cm³/mol. The Kier molecular flexibility index (Phi) is 4.96. The Morgan fingerprint density at radius 2 is 1.67 bits per heavy atom. The molecule has 0 saturated heterocycles. The Labute approximate surface area is 165 Å². The highest BCUT2D eigenvalue weighted by molar-refractivity contribution is 7.13. The predicted octanol–water partition coefficient (Wildman–Crippen LogP) is 5.78. The van der Waals surface area contributed by atoms with Crippen LogP contribution in [0, 0.1) is 0 Å². The number of carbonyl (C=O) groups is 1. The van der Waals surface area contributed by atoms with E-state index in [1.54, 1.807) is 48.0 Å². The van der Waals surface area contributed by atoms with Crippen molar-refractivity contribution in [2.45, 2.75) is 0 Å². The molecule has 1 amide bonds. The number of hydrogen-bond donors (Lipinski definition) is 1. The number of nitrogens with zero attached hydrogens (tertiary/aromatic N) is 2. The number of anilines is 1. The van der Waals surface area contributed by atoms with E-state index in [1.165, 1.54) is 0 Å². The monoisotopic (exact) mass is 391 g/mol. The van der Waals surface area contributed by atoms with Crippen molar-refractivity contribution in [3.63, 3.8) is 0 Å². The number of halogens is 1. The first-order chi connectivity index (χ1) is 13.2. The molecule has 0 spiro atoms. The molecule has 0 aliphatic heterocycles. The fourth-order valence-electron chi connectivity index (χ4n) is 2.60. The van der Waals surface area contributed by atoms with E-state index >= 15 is 0 Å². The third-order valence-corrected chi connectivity index (χ3v) is 5.21. The number of nitrogens with one attached hydrogen (secondary N) is 1. The summed E-state index contributed by atoms with van der Waals surface area (Å²) in [6.07, 6.45) is 3.51. The van der Waals surface area contributed by atoms with Crippen molar-refractivity contribution >= 4 is 34.5 Å². The lowest BCUT2D eigenvalue weighted by atomic mass is 10.1. The van der Waals surface area contributed by atoms with Gasteiger partial charge in [0.05, 0.1) is 16.3 Å². The van der Waals surface area contributed by atoms with Gasteiger partial charge in [-0.25, -0.2) is 4.98 Å². The van der Waals surface area contributed by atoms with E-state index in [9.17, 15) is 4.79 Å². The summed E-state index contributed by atoms with van der Waals surface area (Å²) in [4.78, 5) is 21.1. The molecule has 4 aromatic rings. The number of pyridine rings is 1. The molecule has 1 N–H and O–H groups in total. The van der Waals surface area contributed by atoms with Crippen LogP contribution in [0.5, 0.6) is 0 Å². The summed E-state index contributed by atoms with van der Waals surface area (Å²) in [5, 5.41) is 6.26. The largest absolute Gasteiger partial charge is 0.322 e. The van der Waals surface area contributed by atoms with Crippen molar-refractivity contribution in [2.75, 3.05) is 5.32 Å². The molecule has 0 bridgehead atoms. The lowest BCUT2D eigenvalue weighted by molar-refractivity contribution is 0.102. The smallest absolute Gasteiger partial charge is 0.257 e. The van der Waals surface area contributed by atoms with Gasteiger partial charge in [-0.3, -0.25) is 9.78 Å². The van der Waals surface area contributed by atoms with Crippen molar-refractivity contribution in [2.24, 2.45) is 0 Å². The minimum Gasteiger partial charge on any atom is -0.322 e. The van der Waals surface area contributed by atoms with E-state index in [0.717, 1.165) is 21.8 Å². The molecule has 0 unspecified atom stereocenters. The first kappa shape index (κ1) is 17.4. The highest BCUT2D eigenvalue weighted by Gasteiger charge is 2.10. The fourth-order valence-corrected chi connectivity index (χ4v) is 3.66. The van der Waals surface area contributed by atoms with E-state index in [0.29, 0.717) is 16.3 Å². The minimum atomic E-state index is -0.234. The standard InChI is InChI=1S/C21H14ClN3OS/c22-18-4-2-1-3-17(18)20(26)24-16-7-5-14(6-8-16)19-13-27-21(25-19)15-9-11-23-12-10-15/h1-13H,(H,24,26). The van der Waals surface area contributed by atoms with Gasteiger partial charge in [-0.05, 0) is 36.4 Å². The lowest BCUT2D eigenvalue weighted by Gasteiger charge is -2.07. The number of benzene rings is 2. The van der Waals surface area contributed by atoms with Crippen molar-refractivity contribution in [3.05, 3.63) is 89.0 Å². The first-order valence-electron chi connectivity index (χ1n) is 8.23. The maximum absolute atomic E-state index is 12.3. The lowest BCUT2D eigenvalue weighted by Crippen LogP contribution is -2.12. The Morgan fingerprint density at radius 3 is 2.41 bits per heavy atom. The summed E-state index contributed by atoms with van der Waals surface area (Å²) in [7, 11) is 0. The molecule has 27 heavy (non-hydrogen) atoms. The molecule has 4 rings (SSSR count). The van der Waals surface area contributed by atoms with Crippen LogP contribution in [0.2, 0.25) is 5.02 Å². The number of aromatic nitrogens is 2. The second-order valence-electron chi connectivity index (χ2n) is 5.79. The first-order valence-corrected chi connectivity index (χ1v) is 9.49. The molecule has 6 heteroatoms. The maximum atomic E-state index is 12.3. The molecule has 2 heterocycles. The Bertz CT molecular complexity index is 1080. The van der Waals surface area contributed by atoms with E-state index in [2.05, 4.69) is 15.3 Å². The third kappa shape index (κ3) is 3.89. The van der Waals surface area contributed by atoms with Gasteiger partial charge in [0.2, 0.25) is 0 Å². The molecule has 0 aliphatic rings. The summed E-state index contributed by atoms with van der Waals surface area (Å²) in [5.74, 6) is -0.234. The van der Waals surface area contributed by atoms with Crippen LogP contribution >= 0.6 is 22.9 Å². The number of hydrogen-bond acceptors (Lipinski definition) is 4. The fraction of sp³-hybridized carbons (Fsp3) is 0. The van der Waals surface area contributed by atoms with Gasteiger partial charge < -0.3 is 5.32 Å². The molecular weight excluding hydrogens is 378 g/mol. The number of thiazole rings is 1. The quantitative estimate of drug-likeness (QED) is 0.480. The van der Waals surface area contributed by atoms with Crippen LogP contribution in [0.15, 0.2) is 78.4 Å². The average Bonchev–Trinajstić information content (AvgIpc) is 3.20. The number of carbonyl (C=O) groups excluding carboxylic acids is 1. The molecule has 2 aromatic heterocycles. The van der Waals surface area contributed by atoms with Crippen molar-refractivity contribution in [1.29, 1.82) is 0 Å². The number of rotatable bonds is 4. The van der Waals surface area contributed by atoms with Gasteiger partial charge in [0.1, 0.15) is 5.01 Å². The molecular formula is C21H14ClN3OS. The zero-order valence-electron chi connectivity index (χ0n) is 14.1. The van der Waals surface area contributed by atoms with Crippen molar-refractivity contribution < 1.29 is 4.79 Å². The maximum Gasteiger partial charge on any atom is 0.257 e. The van der Waals surface area contributed by atoms with Crippen LogP contribution < -0.4 is 5.32 Å². The summed E-state index contributed by atoms with van der Waals surface area (Å²) in [5.41, 5.74) is 4.08. The van der Waals surface area contributed by atoms with Gasteiger partial charge >= 0.3 is 0 Å². The van der Waals surface area contributed by atoms with Crippen LogP contribution in [0.1, 0.15) is 10.4 Å². The van der Waals surface area contributed by atoms with E-state index in [-0.39, 0.29) is 5.91 Å². The van der Waals surface area contributed by atoms with Gasteiger partial charge in [0.25, 0.3) is 5.91 Å². The van der Waals surface area contributed by atoms with Gasteiger partial charge in [-0.1, -0.05) is 35.9 Å².